The van der Waals surface area contributed by atoms with E-state index in [1.54, 1.807) is 12.1 Å². The van der Waals surface area contributed by atoms with Gasteiger partial charge in [0.1, 0.15) is 0 Å². The van der Waals surface area contributed by atoms with Crippen LogP contribution in [-0.4, -0.2) is 35.7 Å². The Balaban J connectivity index is 1.73. The highest BCUT2D eigenvalue weighted by Gasteiger charge is 2.23. The van der Waals surface area contributed by atoms with Crippen LogP contribution in [0.2, 0.25) is 0 Å². The van der Waals surface area contributed by atoms with Crippen LogP contribution in [0.1, 0.15) is 44.2 Å². The third kappa shape index (κ3) is 7.11. The van der Waals surface area contributed by atoms with Crippen molar-refractivity contribution in [3.05, 3.63) is 29.8 Å². The van der Waals surface area contributed by atoms with Gasteiger partial charge >= 0.3 is 18.0 Å². The van der Waals surface area contributed by atoms with Crippen LogP contribution < -0.4 is 21.3 Å². The van der Waals surface area contributed by atoms with E-state index in [4.69, 9.17) is 5.11 Å². The standard InChI is InChI=1S/C17H24N4O4/c1-11(19-16(24)18-10-2-3-15(22)23)12-4-6-13(7-5-12)20-17(25)21-14-8-9-14/h4-7,11,14H,2-3,8-10H2,1H3,(H,22,23)(H2,18,19,24)(H2,20,21,25). The van der Waals surface area contributed by atoms with E-state index in [1.165, 1.54) is 0 Å². The van der Waals surface area contributed by atoms with Crippen LogP contribution in [0.3, 0.4) is 0 Å². The molecule has 0 bridgehead atoms. The fourth-order valence-corrected chi connectivity index (χ4v) is 2.21. The van der Waals surface area contributed by atoms with E-state index >= 15 is 0 Å². The van der Waals surface area contributed by atoms with Gasteiger partial charge in [-0.15, -0.1) is 0 Å². The number of rotatable bonds is 8. The number of nitrogens with one attached hydrogen (secondary N) is 4. The van der Waals surface area contributed by atoms with Crippen molar-refractivity contribution in [2.24, 2.45) is 0 Å². The normalized spacial score (nSPS) is 14.3. The first-order valence-corrected chi connectivity index (χ1v) is 8.37. The van der Waals surface area contributed by atoms with Crippen LogP contribution in [0.25, 0.3) is 0 Å². The summed E-state index contributed by atoms with van der Waals surface area (Å²) in [6, 6.07) is 6.78. The number of hydrogen-bond acceptors (Lipinski definition) is 3. The number of carbonyl (C=O) groups is 3. The number of amides is 4. The molecule has 1 aromatic rings. The summed E-state index contributed by atoms with van der Waals surface area (Å²) in [7, 11) is 0. The van der Waals surface area contributed by atoms with Gasteiger partial charge in [-0.25, -0.2) is 9.59 Å². The molecular weight excluding hydrogens is 324 g/mol. The molecule has 2 rings (SSSR count). The van der Waals surface area contributed by atoms with E-state index in [2.05, 4.69) is 21.3 Å². The second-order valence-electron chi connectivity index (χ2n) is 6.11. The molecule has 1 unspecified atom stereocenters. The summed E-state index contributed by atoms with van der Waals surface area (Å²) in [5, 5.41) is 19.6. The molecule has 0 radical (unpaired) electrons. The summed E-state index contributed by atoms with van der Waals surface area (Å²) in [4.78, 5) is 33.8. The Kier molecular flexibility index (Phi) is 6.62. The second kappa shape index (κ2) is 8.91. The number of benzene rings is 1. The van der Waals surface area contributed by atoms with Gasteiger partial charge in [0.25, 0.3) is 0 Å². The summed E-state index contributed by atoms with van der Waals surface area (Å²) in [6.45, 7) is 2.16. The number of carboxylic acid groups (broad SMARTS) is 1. The Bertz CT molecular complexity index is 614. The lowest BCUT2D eigenvalue weighted by atomic mass is 10.1. The first-order chi connectivity index (χ1) is 11.9. The lowest BCUT2D eigenvalue weighted by Crippen LogP contribution is -2.37. The maximum atomic E-state index is 11.8. The van der Waals surface area contributed by atoms with Crippen molar-refractivity contribution in [1.29, 1.82) is 0 Å². The predicted molar refractivity (Wildman–Crippen MR) is 93.4 cm³/mol. The molecule has 4 amide bonds. The summed E-state index contributed by atoms with van der Waals surface area (Å²) in [5.74, 6) is -0.880. The molecule has 1 aliphatic rings. The molecular formula is C17H24N4O4. The van der Waals surface area contributed by atoms with Gasteiger partial charge in [-0.1, -0.05) is 12.1 Å². The van der Waals surface area contributed by atoms with Gasteiger partial charge in [0, 0.05) is 24.7 Å². The number of carbonyl (C=O) groups excluding carboxylic acids is 2. The van der Waals surface area contributed by atoms with Crippen LogP contribution in [0, 0.1) is 0 Å². The number of carboxylic acids is 1. The SMILES string of the molecule is CC(NC(=O)NCCCC(=O)O)c1ccc(NC(=O)NC2CC2)cc1. The Morgan fingerprint density at radius 1 is 1.16 bits per heavy atom. The topological polar surface area (TPSA) is 120 Å². The molecule has 0 heterocycles. The molecule has 1 atom stereocenters. The Hall–Kier alpha value is -2.77. The minimum absolute atomic E-state index is 0.0264. The van der Waals surface area contributed by atoms with Crippen LogP contribution in [0.15, 0.2) is 24.3 Å². The van der Waals surface area contributed by atoms with E-state index < -0.39 is 5.97 Å². The minimum Gasteiger partial charge on any atom is -0.481 e. The molecule has 25 heavy (non-hydrogen) atoms. The fourth-order valence-electron chi connectivity index (χ4n) is 2.21. The highest BCUT2D eigenvalue weighted by atomic mass is 16.4. The summed E-state index contributed by atoms with van der Waals surface area (Å²) >= 11 is 0. The number of urea groups is 2. The molecule has 1 aliphatic carbocycles. The van der Waals surface area contributed by atoms with Crippen molar-refractivity contribution in [2.45, 2.75) is 44.7 Å². The summed E-state index contributed by atoms with van der Waals surface area (Å²) in [5.41, 5.74) is 1.58. The van der Waals surface area contributed by atoms with Gasteiger partial charge in [-0.3, -0.25) is 4.79 Å². The summed E-state index contributed by atoms with van der Waals surface area (Å²) < 4.78 is 0. The van der Waals surface area contributed by atoms with E-state index in [0.29, 0.717) is 24.7 Å². The molecule has 8 heteroatoms. The average molecular weight is 348 g/mol. The maximum absolute atomic E-state index is 11.8. The van der Waals surface area contributed by atoms with Crippen molar-refractivity contribution in [2.75, 3.05) is 11.9 Å². The third-order valence-corrected chi connectivity index (χ3v) is 3.78. The van der Waals surface area contributed by atoms with Gasteiger partial charge < -0.3 is 26.4 Å². The second-order valence-corrected chi connectivity index (χ2v) is 6.11. The van der Waals surface area contributed by atoms with Crippen LogP contribution >= 0.6 is 0 Å². The van der Waals surface area contributed by atoms with E-state index in [1.807, 2.05) is 19.1 Å². The van der Waals surface area contributed by atoms with Crippen molar-refractivity contribution < 1.29 is 19.5 Å². The van der Waals surface area contributed by atoms with Crippen LogP contribution in [0.4, 0.5) is 15.3 Å². The predicted octanol–water partition coefficient (Wildman–Crippen LogP) is 2.20. The number of aliphatic carboxylic acids is 1. The van der Waals surface area contributed by atoms with Crippen LogP contribution in [-0.2, 0) is 4.79 Å². The highest BCUT2D eigenvalue weighted by molar-refractivity contribution is 5.89. The van der Waals surface area contributed by atoms with Gasteiger partial charge in [0.2, 0.25) is 0 Å². The molecule has 1 fully saturated rings. The Labute approximate surface area is 146 Å². The van der Waals surface area contributed by atoms with Gasteiger partial charge in [0.05, 0.1) is 6.04 Å². The van der Waals surface area contributed by atoms with Crippen molar-refractivity contribution >= 4 is 23.7 Å². The molecule has 0 spiro atoms. The average Bonchev–Trinajstić information content (AvgIpc) is 3.35. The molecule has 0 aromatic heterocycles. The van der Waals surface area contributed by atoms with E-state index in [9.17, 15) is 14.4 Å². The zero-order valence-electron chi connectivity index (χ0n) is 14.2. The monoisotopic (exact) mass is 348 g/mol. The molecule has 0 aliphatic heterocycles. The number of anilines is 1. The summed E-state index contributed by atoms with van der Waals surface area (Å²) in [6.07, 6.45) is 2.49. The lowest BCUT2D eigenvalue weighted by molar-refractivity contribution is -0.137. The zero-order chi connectivity index (χ0) is 18.2. The first-order valence-electron chi connectivity index (χ1n) is 8.37. The fraction of sp³-hybridized carbons (Fsp3) is 0.471. The third-order valence-electron chi connectivity index (χ3n) is 3.78. The molecule has 8 nitrogen and oxygen atoms in total. The smallest absolute Gasteiger partial charge is 0.319 e. The largest absolute Gasteiger partial charge is 0.481 e. The Morgan fingerprint density at radius 3 is 2.44 bits per heavy atom. The number of hydrogen-bond donors (Lipinski definition) is 5. The molecule has 1 saturated carbocycles. The Morgan fingerprint density at radius 2 is 1.84 bits per heavy atom. The quantitative estimate of drug-likeness (QED) is 0.463. The molecule has 0 saturated heterocycles. The van der Waals surface area contributed by atoms with Crippen LogP contribution in [0.5, 0.6) is 0 Å². The lowest BCUT2D eigenvalue weighted by Gasteiger charge is -2.15. The van der Waals surface area contributed by atoms with Gasteiger partial charge in [-0.05, 0) is 43.9 Å². The highest BCUT2D eigenvalue weighted by Crippen LogP contribution is 2.19. The zero-order valence-corrected chi connectivity index (χ0v) is 14.2. The van der Waals surface area contributed by atoms with E-state index in [0.717, 1.165) is 18.4 Å². The maximum Gasteiger partial charge on any atom is 0.319 e. The minimum atomic E-state index is -0.880. The van der Waals surface area contributed by atoms with Gasteiger partial charge in [-0.2, -0.15) is 0 Å². The first kappa shape index (κ1) is 18.6. The molecule has 5 N–H and O–H groups in total. The van der Waals surface area contributed by atoms with Crippen molar-refractivity contribution in [3.8, 4) is 0 Å². The molecule has 1 aromatic carbocycles. The molecule has 136 valence electrons. The van der Waals surface area contributed by atoms with Crippen molar-refractivity contribution in [1.82, 2.24) is 16.0 Å². The van der Waals surface area contributed by atoms with E-state index in [-0.39, 0.29) is 24.5 Å². The van der Waals surface area contributed by atoms with Crippen molar-refractivity contribution in [3.63, 3.8) is 0 Å². The van der Waals surface area contributed by atoms with Gasteiger partial charge in [0.15, 0.2) is 0 Å².